The van der Waals surface area contributed by atoms with Crippen molar-refractivity contribution in [2.75, 3.05) is 6.61 Å². The molecule has 1 aromatic carbocycles. The normalized spacial score (nSPS) is 11.2. The highest BCUT2D eigenvalue weighted by Gasteiger charge is 2.17. The highest BCUT2D eigenvalue weighted by Crippen LogP contribution is 2.27. The first-order chi connectivity index (χ1) is 7.80. The Kier molecular flexibility index (Phi) is 4.54. The summed E-state index contributed by atoms with van der Waals surface area (Å²) >= 11 is 0. The van der Waals surface area contributed by atoms with E-state index in [1.807, 2.05) is 6.92 Å². The van der Waals surface area contributed by atoms with Crippen molar-refractivity contribution in [2.24, 2.45) is 0 Å². The van der Waals surface area contributed by atoms with Gasteiger partial charge < -0.3 is 4.74 Å². The van der Waals surface area contributed by atoms with Gasteiger partial charge in [-0.05, 0) is 25.1 Å². The summed E-state index contributed by atoms with van der Waals surface area (Å²) in [6.07, 6.45) is 0.582. The molecule has 94 valence electrons. The van der Waals surface area contributed by atoms with Gasteiger partial charge in [0.25, 0.3) is 9.05 Å². The van der Waals surface area contributed by atoms with E-state index in [4.69, 9.17) is 15.4 Å². The van der Waals surface area contributed by atoms with Crippen molar-refractivity contribution in [3.8, 4) is 5.75 Å². The molecule has 0 amide bonds. The second-order valence-electron chi connectivity index (χ2n) is 3.58. The molecule has 0 heterocycles. The van der Waals surface area contributed by atoms with Crippen LogP contribution in [0.25, 0.3) is 0 Å². The van der Waals surface area contributed by atoms with Gasteiger partial charge in [-0.2, -0.15) is 0 Å². The molecule has 3 nitrogen and oxygen atoms in total. The monoisotopic (exact) mass is 278 g/mol. The Balaban J connectivity index is 2.95. The van der Waals surface area contributed by atoms with Crippen molar-refractivity contribution in [1.82, 2.24) is 0 Å². The zero-order valence-electron chi connectivity index (χ0n) is 9.24. The molecule has 0 N–H and O–H groups in total. The fourth-order valence-corrected chi connectivity index (χ4v) is 2.11. The highest BCUT2D eigenvalue weighted by atomic mass is 35.7. The number of halogens is 2. The maximum atomic E-state index is 12.9. The standard InChI is InChI=1S/C11H12ClFO3S/c1-8(2)5-6-16-10-4-3-9(13)7-11(10)17(12,14)15/h3-4,7H,1,5-6H2,2H3. The SMILES string of the molecule is C=C(C)CCOc1ccc(F)cc1S(=O)(=O)Cl. The minimum atomic E-state index is -4.02. The third-order valence-corrected chi connectivity index (χ3v) is 3.30. The number of rotatable bonds is 5. The molecule has 0 aliphatic carbocycles. The van der Waals surface area contributed by atoms with E-state index in [1.54, 1.807) is 0 Å². The molecule has 0 bridgehead atoms. The lowest BCUT2D eigenvalue weighted by Crippen LogP contribution is -2.02. The third kappa shape index (κ3) is 4.36. The van der Waals surface area contributed by atoms with E-state index in [1.165, 1.54) is 6.07 Å². The number of hydrogen-bond acceptors (Lipinski definition) is 3. The molecule has 0 fully saturated rings. The zero-order chi connectivity index (χ0) is 13.1. The van der Waals surface area contributed by atoms with Crippen molar-refractivity contribution in [3.63, 3.8) is 0 Å². The van der Waals surface area contributed by atoms with Crippen molar-refractivity contribution < 1.29 is 17.5 Å². The summed E-state index contributed by atoms with van der Waals surface area (Å²) in [5, 5.41) is 0. The van der Waals surface area contributed by atoms with Crippen molar-refractivity contribution in [2.45, 2.75) is 18.2 Å². The van der Waals surface area contributed by atoms with Crippen LogP contribution in [-0.2, 0) is 9.05 Å². The second-order valence-corrected chi connectivity index (χ2v) is 6.12. The minimum absolute atomic E-state index is 0.0441. The molecule has 6 heteroatoms. The molecule has 1 rings (SSSR count). The van der Waals surface area contributed by atoms with Crippen LogP contribution in [0.2, 0.25) is 0 Å². The summed E-state index contributed by atoms with van der Waals surface area (Å²) in [6.45, 7) is 5.78. The van der Waals surface area contributed by atoms with Crippen LogP contribution in [0.5, 0.6) is 5.75 Å². The minimum Gasteiger partial charge on any atom is -0.492 e. The number of ether oxygens (including phenoxy) is 1. The van der Waals surface area contributed by atoms with Crippen LogP contribution in [0.4, 0.5) is 4.39 Å². The summed E-state index contributed by atoms with van der Waals surface area (Å²) < 4.78 is 40.6. The van der Waals surface area contributed by atoms with Gasteiger partial charge in [0, 0.05) is 17.1 Å². The van der Waals surface area contributed by atoms with E-state index in [0.29, 0.717) is 6.42 Å². The zero-order valence-corrected chi connectivity index (χ0v) is 10.8. The summed E-state index contributed by atoms with van der Waals surface area (Å²) in [5.74, 6) is -0.640. The molecule has 0 atom stereocenters. The van der Waals surface area contributed by atoms with Crippen LogP contribution in [0.15, 0.2) is 35.2 Å². The topological polar surface area (TPSA) is 43.4 Å². The van der Waals surface area contributed by atoms with E-state index in [9.17, 15) is 12.8 Å². The molecule has 0 aromatic heterocycles. The Morgan fingerprint density at radius 1 is 1.53 bits per heavy atom. The molecule has 0 unspecified atom stereocenters. The van der Waals surface area contributed by atoms with E-state index in [0.717, 1.165) is 17.7 Å². The summed E-state index contributed by atoms with van der Waals surface area (Å²) in [6, 6.07) is 3.18. The quantitative estimate of drug-likeness (QED) is 0.614. The lowest BCUT2D eigenvalue weighted by molar-refractivity contribution is 0.313. The second kappa shape index (κ2) is 5.51. The molecule has 0 spiro atoms. The van der Waals surface area contributed by atoms with Gasteiger partial charge in [-0.1, -0.05) is 5.57 Å². The Labute approximate surface area is 104 Å². The lowest BCUT2D eigenvalue weighted by Gasteiger charge is -2.09. The van der Waals surface area contributed by atoms with Crippen LogP contribution < -0.4 is 4.74 Å². The first-order valence-electron chi connectivity index (χ1n) is 4.82. The predicted molar refractivity (Wildman–Crippen MR) is 64.4 cm³/mol. The van der Waals surface area contributed by atoms with Gasteiger partial charge in [0.15, 0.2) is 0 Å². The number of hydrogen-bond donors (Lipinski definition) is 0. The molecular formula is C11H12ClFO3S. The molecule has 0 saturated carbocycles. The predicted octanol–water partition coefficient (Wildman–Crippen LogP) is 3.10. The van der Waals surface area contributed by atoms with Gasteiger partial charge in [-0.25, -0.2) is 12.8 Å². The molecule has 0 aliphatic heterocycles. The van der Waals surface area contributed by atoms with Crippen LogP contribution in [0, 0.1) is 5.82 Å². The molecule has 0 aliphatic rings. The van der Waals surface area contributed by atoms with Gasteiger partial charge in [0.2, 0.25) is 0 Å². The van der Waals surface area contributed by atoms with Crippen LogP contribution >= 0.6 is 10.7 Å². The Bertz CT molecular complexity index is 526. The third-order valence-electron chi connectivity index (χ3n) is 1.95. The Morgan fingerprint density at radius 2 is 2.18 bits per heavy atom. The van der Waals surface area contributed by atoms with Crippen molar-refractivity contribution in [3.05, 3.63) is 36.2 Å². The van der Waals surface area contributed by atoms with Crippen LogP contribution in [0.3, 0.4) is 0 Å². The van der Waals surface area contributed by atoms with Gasteiger partial charge >= 0.3 is 0 Å². The van der Waals surface area contributed by atoms with Crippen molar-refractivity contribution in [1.29, 1.82) is 0 Å². The van der Waals surface area contributed by atoms with Gasteiger partial charge in [-0.3, -0.25) is 0 Å². The van der Waals surface area contributed by atoms with Crippen LogP contribution in [0.1, 0.15) is 13.3 Å². The average Bonchev–Trinajstić information content (AvgIpc) is 2.18. The fraction of sp³-hybridized carbons (Fsp3) is 0.273. The maximum absolute atomic E-state index is 12.9. The summed E-state index contributed by atoms with van der Waals surface area (Å²) in [7, 11) is 1.16. The number of benzene rings is 1. The molecule has 0 radical (unpaired) electrons. The Hall–Kier alpha value is -1.07. The Morgan fingerprint density at radius 3 is 2.71 bits per heavy atom. The molecule has 0 saturated heterocycles. The van der Waals surface area contributed by atoms with Crippen molar-refractivity contribution >= 4 is 19.7 Å². The maximum Gasteiger partial charge on any atom is 0.265 e. The first kappa shape index (κ1) is 14.0. The lowest BCUT2D eigenvalue weighted by atomic mass is 10.2. The van der Waals surface area contributed by atoms with Gasteiger partial charge in [0.1, 0.15) is 16.5 Å². The highest BCUT2D eigenvalue weighted by molar-refractivity contribution is 8.13. The fourth-order valence-electron chi connectivity index (χ4n) is 1.13. The van der Waals surface area contributed by atoms with E-state index in [-0.39, 0.29) is 17.3 Å². The smallest absolute Gasteiger partial charge is 0.265 e. The van der Waals surface area contributed by atoms with Crippen LogP contribution in [-0.4, -0.2) is 15.0 Å². The van der Waals surface area contributed by atoms with E-state index in [2.05, 4.69) is 6.58 Å². The molecule has 17 heavy (non-hydrogen) atoms. The van der Waals surface area contributed by atoms with Gasteiger partial charge in [-0.15, -0.1) is 6.58 Å². The van der Waals surface area contributed by atoms with Gasteiger partial charge in [0.05, 0.1) is 6.61 Å². The summed E-state index contributed by atoms with van der Waals surface area (Å²) in [4.78, 5) is -0.360. The molecular weight excluding hydrogens is 267 g/mol. The van der Waals surface area contributed by atoms with E-state index >= 15 is 0 Å². The van der Waals surface area contributed by atoms with E-state index < -0.39 is 14.9 Å². The first-order valence-corrected chi connectivity index (χ1v) is 7.13. The largest absolute Gasteiger partial charge is 0.492 e. The average molecular weight is 279 g/mol. The molecule has 1 aromatic rings. The summed E-state index contributed by atoms with van der Waals surface area (Å²) in [5.41, 5.74) is 0.905.